The third-order valence-electron chi connectivity index (χ3n) is 3.46. The standard InChI is InChI=1S/C17H22ClN3O2/c1-11(2)9-20-17-15(6-7-16(22)23-3)19-10-12-8-13(18)4-5-14(12)21-17/h4-5,8,10-11,15H,6-7,9H2,1-3H3,(H,20,21)/t15-/m0/s1. The molecular weight excluding hydrogens is 314 g/mol. The van der Waals surface area contributed by atoms with Crippen molar-refractivity contribution in [3.63, 3.8) is 0 Å². The minimum Gasteiger partial charge on any atom is -0.469 e. The molecule has 1 N–H and O–H groups in total. The predicted molar refractivity (Wildman–Crippen MR) is 94.8 cm³/mol. The molecule has 1 atom stereocenters. The summed E-state index contributed by atoms with van der Waals surface area (Å²) in [6.45, 7) is 4.93. The molecular formula is C17H22ClN3O2. The SMILES string of the molecule is COC(=O)CC[C@@H]1N=Cc2cc(Cl)ccc2NC1=NCC(C)C. The molecule has 0 amide bonds. The van der Waals surface area contributed by atoms with E-state index < -0.39 is 0 Å². The summed E-state index contributed by atoms with van der Waals surface area (Å²) in [5.74, 6) is 0.982. The van der Waals surface area contributed by atoms with Gasteiger partial charge in [-0.25, -0.2) is 0 Å². The lowest BCUT2D eigenvalue weighted by Gasteiger charge is -2.16. The van der Waals surface area contributed by atoms with E-state index >= 15 is 0 Å². The van der Waals surface area contributed by atoms with Gasteiger partial charge in [0, 0.05) is 35.5 Å². The molecule has 0 saturated heterocycles. The molecule has 1 aliphatic rings. The second-order valence-electron chi connectivity index (χ2n) is 5.89. The van der Waals surface area contributed by atoms with Crippen LogP contribution in [0.25, 0.3) is 0 Å². The van der Waals surface area contributed by atoms with E-state index in [0.29, 0.717) is 30.3 Å². The van der Waals surface area contributed by atoms with Crippen LogP contribution in [0, 0.1) is 5.92 Å². The Morgan fingerprint density at radius 2 is 2.26 bits per heavy atom. The number of rotatable bonds is 5. The van der Waals surface area contributed by atoms with Gasteiger partial charge < -0.3 is 10.1 Å². The molecule has 5 nitrogen and oxygen atoms in total. The molecule has 0 aromatic heterocycles. The maximum absolute atomic E-state index is 11.4. The van der Waals surface area contributed by atoms with Crippen molar-refractivity contribution < 1.29 is 9.53 Å². The average molecular weight is 336 g/mol. The first kappa shape index (κ1) is 17.5. The van der Waals surface area contributed by atoms with E-state index in [1.165, 1.54) is 7.11 Å². The van der Waals surface area contributed by atoms with Crippen LogP contribution < -0.4 is 5.32 Å². The fourth-order valence-corrected chi connectivity index (χ4v) is 2.39. The van der Waals surface area contributed by atoms with Crippen LogP contribution in [0.4, 0.5) is 5.69 Å². The summed E-state index contributed by atoms with van der Waals surface area (Å²) in [4.78, 5) is 20.7. The Kier molecular flexibility index (Phi) is 6.16. The number of anilines is 1. The number of hydrogen-bond donors (Lipinski definition) is 1. The monoisotopic (exact) mass is 335 g/mol. The van der Waals surface area contributed by atoms with Crippen molar-refractivity contribution in [1.29, 1.82) is 0 Å². The van der Waals surface area contributed by atoms with Gasteiger partial charge in [-0.3, -0.25) is 14.8 Å². The summed E-state index contributed by atoms with van der Waals surface area (Å²) >= 11 is 6.05. The van der Waals surface area contributed by atoms with E-state index in [-0.39, 0.29) is 12.0 Å². The van der Waals surface area contributed by atoms with E-state index in [2.05, 4.69) is 29.1 Å². The molecule has 2 rings (SSSR count). The number of fused-ring (bicyclic) bond motifs is 1. The molecule has 1 heterocycles. The fourth-order valence-electron chi connectivity index (χ4n) is 2.21. The van der Waals surface area contributed by atoms with Crippen LogP contribution >= 0.6 is 11.6 Å². The molecule has 0 unspecified atom stereocenters. The zero-order valence-electron chi connectivity index (χ0n) is 13.7. The number of benzene rings is 1. The van der Waals surface area contributed by atoms with Crippen molar-refractivity contribution in [3.05, 3.63) is 28.8 Å². The predicted octanol–water partition coefficient (Wildman–Crippen LogP) is 3.56. The summed E-state index contributed by atoms with van der Waals surface area (Å²) in [6, 6.07) is 5.41. The Bertz CT molecular complexity index is 626. The summed E-state index contributed by atoms with van der Waals surface area (Å²) in [5, 5.41) is 4.01. The van der Waals surface area contributed by atoms with Crippen molar-refractivity contribution in [2.45, 2.75) is 32.7 Å². The lowest BCUT2D eigenvalue weighted by atomic mass is 10.1. The zero-order valence-corrected chi connectivity index (χ0v) is 14.4. The third-order valence-corrected chi connectivity index (χ3v) is 3.70. The molecule has 124 valence electrons. The van der Waals surface area contributed by atoms with Gasteiger partial charge >= 0.3 is 5.97 Å². The van der Waals surface area contributed by atoms with E-state index in [1.807, 2.05) is 18.2 Å². The Morgan fingerprint density at radius 3 is 2.96 bits per heavy atom. The molecule has 1 aromatic rings. The van der Waals surface area contributed by atoms with Crippen molar-refractivity contribution in [3.8, 4) is 0 Å². The molecule has 0 spiro atoms. The quantitative estimate of drug-likeness (QED) is 0.837. The largest absolute Gasteiger partial charge is 0.469 e. The number of benzodiazepines with no additional fused rings is 1. The maximum atomic E-state index is 11.4. The molecule has 0 aliphatic carbocycles. The van der Waals surface area contributed by atoms with E-state index in [4.69, 9.17) is 16.3 Å². The first-order chi connectivity index (χ1) is 11.0. The Labute approximate surface area is 141 Å². The number of esters is 1. The van der Waals surface area contributed by atoms with Crippen molar-refractivity contribution in [1.82, 2.24) is 0 Å². The number of hydrogen-bond acceptors (Lipinski definition) is 4. The van der Waals surface area contributed by atoms with Gasteiger partial charge in [-0.1, -0.05) is 25.4 Å². The molecule has 0 radical (unpaired) electrons. The molecule has 1 aliphatic heterocycles. The summed E-state index contributed by atoms with van der Waals surface area (Å²) < 4.78 is 4.71. The van der Waals surface area contributed by atoms with Gasteiger partial charge in [0.05, 0.1) is 7.11 Å². The van der Waals surface area contributed by atoms with Gasteiger partial charge in [-0.05, 0) is 30.5 Å². The minimum atomic E-state index is -0.242. The highest BCUT2D eigenvalue weighted by Gasteiger charge is 2.20. The first-order valence-electron chi connectivity index (χ1n) is 7.70. The summed E-state index contributed by atoms with van der Waals surface area (Å²) in [6.07, 6.45) is 2.64. The molecule has 0 bridgehead atoms. The smallest absolute Gasteiger partial charge is 0.305 e. The van der Waals surface area contributed by atoms with Crippen molar-refractivity contribution in [2.24, 2.45) is 15.9 Å². The normalized spacial score (nSPS) is 18.5. The van der Waals surface area contributed by atoms with E-state index in [9.17, 15) is 4.79 Å². The van der Waals surface area contributed by atoms with Crippen molar-refractivity contribution >= 4 is 35.3 Å². The number of methoxy groups -OCH3 is 1. The number of aliphatic imine (C=N–C) groups is 2. The summed E-state index contributed by atoms with van der Waals surface area (Å²) in [5.41, 5.74) is 1.83. The highest BCUT2D eigenvalue weighted by molar-refractivity contribution is 6.31. The van der Waals surface area contributed by atoms with Gasteiger partial charge in [-0.15, -0.1) is 0 Å². The lowest BCUT2D eigenvalue weighted by Crippen LogP contribution is -2.27. The lowest BCUT2D eigenvalue weighted by molar-refractivity contribution is -0.140. The molecule has 0 saturated carbocycles. The number of carbonyl (C=O) groups excluding carboxylic acids is 1. The minimum absolute atomic E-state index is 0.195. The number of halogens is 1. The Hall–Kier alpha value is -1.88. The molecule has 0 fully saturated rings. The van der Waals surface area contributed by atoms with Gasteiger partial charge in [0.15, 0.2) is 0 Å². The zero-order chi connectivity index (χ0) is 16.8. The van der Waals surface area contributed by atoms with Crippen LogP contribution in [0.15, 0.2) is 28.2 Å². The first-order valence-corrected chi connectivity index (χ1v) is 8.08. The van der Waals surface area contributed by atoms with Crippen LogP contribution in [0.3, 0.4) is 0 Å². The van der Waals surface area contributed by atoms with Crippen LogP contribution in [0.5, 0.6) is 0 Å². The molecule has 6 heteroatoms. The second kappa shape index (κ2) is 8.11. The third kappa shape index (κ3) is 5.06. The number of carbonyl (C=O) groups is 1. The van der Waals surface area contributed by atoms with Gasteiger partial charge in [0.1, 0.15) is 11.9 Å². The number of nitrogens with zero attached hydrogens (tertiary/aromatic N) is 2. The van der Waals surface area contributed by atoms with E-state index in [0.717, 1.165) is 17.1 Å². The number of nitrogens with one attached hydrogen (secondary N) is 1. The van der Waals surface area contributed by atoms with Crippen LogP contribution in [0.1, 0.15) is 32.3 Å². The fraction of sp³-hybridized carbons (Fsp3) is 0.471. The van der Waals surface area contributed by atoms with Gasteiger partial charge in [-0.2, -0.15) is 0 Å². The van der Waals surface area contributed by atoms with Crippen LogP contribution in [-0.2, 0) is 9.53 Å². The average Bonchev–Trinajstić information content (AvgIpc) is 2.69. The van der Waals surface area contributed by atoms with Gasteiger partial charge in [0.2, 0.25) is 0 Å². The molecule has 23 heavy (non-hydrogen) atoms. The summed E-state index contributed by atoms with van der Waals surface area (Å²) in [7, 11) is 1.39. The maximum Gasteiger partial charge on any atom is 0.305 e. The topological polar surface area (TPSA) is 63.0 Å². The number of amidine groups is 1. The second-order valence-corrected chi connectivity index (χ2v) is 6.32. The van der Waals surface area contributed by atoms with Gasteiger partial charge in [0.25, 0.3) is 0 Å². The number of ether oxygens (including phenoxy) is 1. The highest BCUT2D eigenvalue weighted by Crippen LogP contribution is 2.23. The van der Waals surface area contributed by atoms with Crippen LogP contribution in [-0.4, -0.2) is 37.7 Å². The van der Waals surface area contributed by atoms with E-state index in [1.54, 1.807) is 6.21 Å². The Balaban J connectivity index is 2.25. The van der Waals surface area contributed by atoms with Crippen molar-refractivity contribution in [2.75, 3.05) is 19.0 Å². The highest BCUT2D eigenvalue weighted by atomic mass is 35.5. The van der Waals surface area contributed by atoms with Crippen LogP contribution in [0.2, 0.25) is 5.02 Å². The Morgan fingerprint density at radius 1 is 1.48 bits per heavy atom. The molecule has 1 aromatic carbocycles.